The minimum atomic E-state index is -4.50. The lowest BCUT2D eigenvalue weighted by Gasteiger charge is -2.11. The number of anilines is 1. The van der Waals surface area contributed by atoms with Crippen LogP contribution in [-0.2, 0) is 29.8 Å². The molecule has 0 radical (unpaired) electrons. The number of aromatic amines is 1. The highest BCUT2D eigenvalue weighted by atomic mass is 32.2. The van der Waals surface area contributed by atoms with Crippen LogP contribution in [0.2, 0.25) is 0 Å². The van der Waals surface area contributed by atoms with E-state index < -0.39 is 59.0 Å². The molecule has 0 atom stereocenters. The van der Waals surface area contributed by atoms with Crippen LogP contribution in [-0.4, -0.2) is 59.2 Å². The van der Waals surface area contributed by atoms with Crippen LogP contribution in [0.25, 0.3) is 11.8 Å². The van der Waals surface area contributed by atoms with E-state index >= 15 is 0 Å². The second kappa shape index (κ2) is 10.4. The Labute approximate surface area is 230 Å². The van der Waals surface area contributed by atoms with Gasteiger partial charge < -0.3 is 11.5 Å². The molecule has 41 heavy (non-hydrogen) atoms. The van der Waals surface area contributed by atoms with Crippen molar-refractivity contribution in [3.8, 4) is 5.69 Å². The summed E-state index contributed by atoms with van der Waals surface area (Å²) in [6.07, 6.45) is 3.37. The van der Waals surface area contributed by atoms with E-state index in [0.717, 1.165) is 64.3 Å². The number of carbonyl (C=O) groups is 3. The number of hydrogen-bond donors (Lipinski definition) is 5. The summed E-state index contributed by atoms with van der Waals surface area (Å²) >= 11 is 0. The maximum atomic E-state index is 13.0. The molecule has 4 rings (SSSR count). The van der Waals surface area contributed by atoms with E-state index in [-0.39, 0.29) is 28.2 Å². The highest BCUT2D eigenvalue weighted by Gasteiger charge is 2.34. The SMILES string of the molecule is NC(=O)C1=NN(c2ccc(S(=O)(=O)O)cc2)C(=O)C1=CC=Cc1c(C(N)=O)[nH]n(-c2ccc(S(=O)(=O)O)cc2)c1=O. The number of nitrogens with two attached hydrogens (primary N) is 2. The fourth-order valence-corrected chi connectivity index (χ4v) is 4.62. The summed E-state index contributed by atoms with van der Waals surface area (Å²) in [5.41, 5.74) is 8.70. The number of primary amides is 2. The van der Waals surface area contributed by atoms with Gasteiger partial charge in [0.2, 0.25) is 0 Å². The summed E-state index contributed by atoms with van der Waals surface area (Å²) < 4.78 is 64.2. The van der Waals surface area contributed by atoms with Gasteiger partial charge in [-0.1, -0.05) is 6.08 Å². The first kappa shape index (κ1) is 28.8. The molecule has 0 saturated carbocycles. The molecule has 0 aliphatic carbocycles. The zero-order valence-corrected chi connectivity index (χ0v) is 22.0. The number of amides is 3. The van der Waals surface area contributed by atoms with Gasteiger partial charge >= 0.3 is 0 Å². The number of carbonyl (C=O) groups excluding carboxylic acids is 3. The van der Waals surface area contributed by atoms with Crippen molar-refractivity contribution in [2.45, 2.75) is 9.79 Å². The molecule has 3 aromatic rings. The predicted octanol–water partition coefficient (Wildman–Crippen LogP) is -0.414. The number of allylic oxidation sites excluding steroid dienone is 2. The van der Waals surface area contributed by atoms with Gasteiger partial charge in [0.1, 0.15) is 5.69 Å². The summed E-state index contributed by atoms with van der Waals surface area (Å²) in [6, 6.07) is 8.77. The lowest BCUT2D eigenvalue weighted by Crippen LogP contribution is -2.25. The fraction of sp³-hybridized carbons (Fsp3) is 0. The van der Waals surface area contributed by atoms with Gasteiger partial charge in [-0.3, -0.25) is 33.4 Å². The Morgan fingerprint density at radius 1 is 0.829 bits per heavy atom. The fourth-order valence-electron chi connectivity index (χ4n) is 3.66. The van der Waals surface area contributed by atoms with Crippen molar-refractivity contribution in [1.82, 2.24) is 9.78 Å². The molecule has 18 heteroatoms. The zero-order valence-electron chi connectivity index (χ0n) is 20.3. The van der Waals surface area contributed by atoms with Crippen LogP contribution in [0.15, 0.2) is 85.9 Å². The molecule has 1 aliphatic heterocycles. The number of hydrogen-bond acceptors (Lipinski definition) is 9. The van der Waals surface area contributed by atoms with Crippen LogP contribution in [0.4, 0.5) is 5.69 Å². The molecule has 0 spiro atoms. The number of rotatable bonds is 8. The van der Waals surface area contributed by atoms with E-state index in [0.29, 0.717) is 0 Å². The number of H-pyrrole nitrogens is 1. The van der Waals surface area contributed by atoms with Crippen LogP contribution in [0.3, 0.4) is 0 Å². The van der Waals surface area contributed by atoms with Gasteiger partial charge in [-0.15, -0.1) is 0 Å². The summed E-state index contributed by atoms with van der Waals surface area (Å²) in [4.78, 5) is 49.1. The molecule has 2 heterocycles. The largest absolute Gasteiger partial charge is 0.364 e. The summed E-state index contributed by atoms with van der Waals surface area (Å²) in [5.74, 6) is -2.95. The average molecular weight is 603 g/mol. The molecule has 0 saturated heterocycles. The van der Waals surface area contributed by atoms with Gasteiger partial charge in [0.05, 0.1) is 32.3 Å². The van der Waals surface area contributed by atoms with Crippen molar-refractivity contribution in [3.63, 3.8) is 0 Å². The summed E-state index contributed by atoms with van der Waals surface area (Å²) in [6.45, 7) is 0. The predicted molar refractivity (Wildman–Crippen MR) is 142 cm³/mol. The third kappa shape index (κ3) is 5.75. The molecule has 0 fully saturated rings. The van der Waals surface area contributed by atoms with Crippen LogP contribution < -0.4 is 22.0 Å². The van der Waals surface area contributed by atoms with Crippen molar-refractivity contribution in [2.24, 2.45) is 16.6 Å². The van der Waals surface area contributed by atoms with Gasteiger partial charge in [-0.2, -0.15) is 26.9 Å². The van der Waals surface area contributed by atoms with E-state index in [1.54, 1.807) is 0 Å². The average Bonchev–Trinajstić information content (AvgIpc) is 3.40. The second-order valence-corrected chi connectivity index (χ2v) is 11.1. The van der Waals surface area contributed by atoms with Gasteiger partial charge in [0.25, 0.3) is 43.5 Å². The van der Waals surface area contributed by atoms with Crippen molar-refractivity contribution in [3.05, 3.63) is 87.9 Å². The van der Waals surface area contributed by atoms with Gasteiger partial charge in [-0.05, 0) is 60.7 Å². The van der Waals surface area contributed by atoms with Gasteiger partial charge in [0, 0.05) is 0 Å². The maximum absolute atomic E-state index is 13.0. The Morgan fingerprint density at radius 2 is 1.34 bits per heavy atom. The van der Waals surface area contributed by atoms with Crippen molar-refractivity contribution < 1.29 is 40.3 Å². The molecule has 2 aromatic carbocycles. The quantitative estimate of drug-likeness (QED) is 0.164. The molecule has 16 nitrogen and oxygen atoms in total. The van der Waals surface area contributed by atoms with E-state index in [4.69, 9.17) is 20.6 Å². The maximum Gasteiger partial charge on any atom is 0.294 e. The molecule has 212 valence electrons. The first-order chi connectivity index (χ1) is 19.1. The highest BCUT2D eigenvalue weighted by Crippen LogP contribution is 2.25. The van der Waals surface area contributed by atoms with Crippen LogP contribution in [0.1, 0.15) is 16.1 Å². The Kier molecular flexibility index (Phi) is 7.33. The molecule has 3 amide bonds. The third-order valence-corrected chi connectivity index (χ3v) is 7.32. The molecule has 1 aliphatic rings. The molecule has 1 aromatic heterocycles. The Morgan fingerprint density at radius 3 is 1.80 bits per heavy atom. The van der Waals surface area contributed by atoms with E-state index in [1.165, 1.54) is 12.1 Å². The van der Waals surface area contributed by atoms with Gasteiger partial charge in [-0.25, -0.2) is 4.68 Å². The van der Waals surface area contributed by atoms with E-state index in [9.17, 15) is 36.0 Å². The summed E-state index contributed by atoms with van der Waals surface area (Å²) in [5, 5.41) is 7.13. The van der Waals surface area contributed by atoms with E-state index in [1.807, 2.05) is 0 Å². The second-order valence-electron chi connectivity index (χ2n) is 8.21. The van der Waals surface area contributed by atoms with Crippen molar-refractivity contribution in [1.29, 1.82) is 0 Å². The zero-order chi connectivity index (χ0) is 30.3. The van der Waals surface area contributed by atoms with Crippen molar-refractivity contribution >= 4 is 55.4 Å². The number of nitrogens with one attached hydrogen (secondary N) is 1. The number of benzene rings is 2. The van der Waals surface area contributed by atoms with Crippen molar-refractivity contribution in [2.75, 3.05) is 5.01 Å². The molecule has 0 unspecified atom stereocenters. The number of aromatic nitrogens is 2. The number of nitrogens with zero attached hydrogens (tertiary/aromatic N) is 3. The Bertz CT molecular complexity index is 1970. The minimum Gasteiger partial charge on any atom is -0.364 e. The van der Waals surface area contributed by atoms with E-state index in [2.05, 4.69) is 10.2 Å². The monoisotopic (exact) mass is 602 g/mol. The first-order valence-corrected chi connectivity index (χ1v) is 13.9. The van der Waals surface area contributed by atoms with Gasteiger partial charge in [0.15, 0.2) is 5.71 Å². The van der Waals surface area contributed by atoms with Crippen LogP contribution in [0, 0.1) is 0 Å². The van der Waals surface area contributed by atoms with Crippen LogP contribution in [0.5, 0.6) is 0 Å². The molecular formula is C23H18N6O10S2. The number of hydrazone groups is 1. The normalized spacial score (nSPS) is 15.1. The molecule has 0 bridgehead atoms. The third-order valence-electron chi connectivity index (χ3n) is 5.58. The smallest absolute Gasteiger partial charge is 0.294 e. The minimum absolute atomic E-state index is 0.0399. The lowest BCUT2D eigenvalue weighted by molar-refractivity contribution is -0.115. The summed E-state index contributed by atoms with van der Waals surface area (Å²) in [7, 11) is -8.99. The molecular weight excluding hydrogens is 584 g/mol. The first-order valence-electron chi connectivity index (χ1n) is 11.0. The topological polar surface area (TPSA) is 265 Å². The Hall–Kier alpha value is -5.17. The molecule has 7 N–H and O–H groups in total. The standard InChI is InChI=1S/C23H18N6O10S2/c24-20(30)18-16(22(32)28(26-18)12-4-8-14(9-5-12)40(34,35)36)2-1-3-17-19(21(25)31)27-29(23(17)33)13-6-10-15(11-7-13)41(37,38)39/h1-11,26H,(H2,24,30)(H2,25,31)(H,34,35,36)(H,37,38,39). The van der Waals surface area contributed by atoms with Crippen LogP contribution >= 0.6 is 0 Å². The lowest BCUT2D eigenvalue weighted by atomic mass is 10.1. The Balaban J connectivity index is 1.69. The highest BCUT2D eigenvalue weighted by molar-refractivity contribution is 7.86.